The van der Waals surface area contributed by atoms with E-state index in [1.807, 2.05) is 6.92 Å². The van der Waals surface area contributed by atoms with Gasteiger partial charge in [-0.2, -0.15) is 0 Å². The lowest BCUT2D eigenvalue weighted by Gasteiger charge is -2.29. The fourth-order valence-electron chi connectivity index (χ4n) is 2.27. The monoisotopic (exact) mass is 211 g/mol. The highest BCUT2D eigenvalue weighted by Gasteiger charge is 2.27. The third-order valence-electron chi connectivity index (χ3n) is 3.07. The van der Waals surface area contributed by atoms with Crippen LogP contribution in [-0.2, 0) is 9.59 Å². The van der Waals surface area contributed by atoms with Crippen LogP contribution in [0.4, 0.5) is 0 Å². The predicted octanol–water partition coefficient (Wildman–Crippen LogP) is 1.31. The summed E-state index contributed by atoms with van der Waals surface area (Å²) in [6, 6.07) is 0. The molecule has 0 aromatic carbocycles. The summed E-state index contributed by atoms with van der Waals surface area (Å²) in [5.74, 6) is -1.33. The zero-order valence-electron chi connectivity index (χ0n) is 8.90. The molecule has 1 fully saturated rings. The molecule has 4 nitrogen and oxygen atoms in total. The Kier molecular flexibility index (Phi) is 3.88. The highest BCUT2D eigenvalue weighted by molar-refractivity contribution is 5.98. The van der Waals surface area contributed by atoms with Gasteiger partial charge in [0.05, 0.1) is 0 Å². The van der Waals surface area contributed by atoms with Crippen LogP contribution in [-0.4, -0.2) is 17.0 Å². The number of rotatable bonds is 3. The fraction of sp³-hybridized carbons (Fsp3) is 0.636. The molecule has 0 aromatic heterocycles. The van der Waals surface area contributed by atoms with Crippen molar-refractivity contribution >= 4 is 11.9 Å². The quantitative estimate of drug-likeness (QED) is 0.690. The van der Waals surface area contributed by atoms with Crippen LogP contribution in [0.3, 0.4) is 0 Å². The Morgan fingerprint density at radius 2 is 1.93 bits per heavy atom. The summed E-state index contributed by atoms with van der Waals surface area (Å²) < 4.78 is 0. The van der Waals surface area contributed by atoms with Crippen LogP contribution in [0.15, 0.2) is 11.6 Å². The van der Waals surface area contributed by atoms with Gasteiger partial charge in [-0.1, -0.05) is 26.2 Å². The maximum atomic E-state index is 11.2. The smallest absolute Gasteiger partial charge is 0.328 e. The third-order valence-corrected chi connectivity index (χ3v) is 3.07. The van der Waals surface area contributed by atoms with Crippen LogP contribution in [0, 0.1) is 11.8 Å². The molecule has 0 bridgehead atoms. The molecule has 0 aliphatic heterocycles. The molecule has 1 aliphatic carbocycles. The largest absolute Gasteiger partial charge is 0.478 e. The van der Waals surface area contributed by atoms with Crippen LogP contribution in [0.2, 0.25) is 0 Å². The molecule has 84 valence electrons. The minimum atomic E-state index is -1.10. The van der Waals surface area contributed by atoms with E-state index in [0.29, 0.717) is 5.92 Å². The predicted molar refractivity (Wildman–Crippen MR) is 56.0 cm³/mol. The minimum Gasteiger partial charge on any atom is -0.478 e. The Morgan fingerprint density at radius 3 is 2.40 bits per heavy atom. The molecule has 1 amide bonds. The topological polar surface area (TPSA) is 80.4 Å². The van der Waals surface area contributed by atoms with Gasteiger partial charge in [0.25, 0.3) is 0 Å². The number of hydrogen-bond donors (Lipinski definition) is 2. The molecule has 4 heteroatoms. The molecule has 1 aliphatic rings. The van der Waals surface area contributed by atoms with E-state index in [2.05, 4.69) is 0 Å². The normalized spacial score (nSPS) is 27.4. The SMILES string of the molecule is CC1CCCCC1/C(=C/C(=O)O)C(N)=O. The average molecular weight is 211 g/mol. The molecule has 0 saturated heterocycles. The van der Waals surface area contributed by atoms with Crippen LogP contribution in [0.1, 0.15) is 32.6 Å². The van der Waals surface area contributed by atoms with E-state index in [1.54, 1.807) is 0 Å². The van der Waals surface area contributed by atoms with Gasteiger partial charge in [-0.05, 0) is 18.3 Å². The summed E-state index contributed by atoms with van der Waals surface area (Å²) in [5, 5.41) is 8.67. The van der Waals surface area contributed by atoms with Gasteiger partial charge in [-0.25, -0.2) is 4.79 Å². The van der Waals surface area contributed by atoms with Gasteiger partial charge in [0.2, 0.25) is 5.91 Å². The number of hydrogen-bond acceptors (Lipinski definition) is 2. The highest BCUT2D eigenvalue weighted by Crippen LogP contribution is 2.34. The summed E-state index contributed by atoms with van der Waals surface area (Å²) in [6.45, 7) is 2.04. The maximum absolute atomic E-state index is 11.2. The molecule has 3 N–H and O–H groups in total. The van der Waals surface area contributed by atoms with Crippen molar-refractivity contribution in [2.24, 2.45) is 17.6 Å². The molecule has 0 spiro atoms. The Balaban J connectivity index is 2.88. The van der Waals surface area contributed by atoms with E-state index in [9.17, 15) is 9.59 Å². The summed E-state index contributed by atoms with van der Waals surface area (Å²) in [7, 11) is 0. The van der Waals surface area contributed by atoms with Crippen molar-refractivity contribution in [3.8, 4) is 0 Å². The zero-order valence-corrected chi connectivity index (χ0v) is 8.90. The Bertz CT molecular complexity index is 296. The second-order valence-electron chi connectivity index (χ2n) is 4.17. The summed E-state index contributed by atoms with van der Waals surface area (Å²) >= 11 is 0. The van der Waals surface area contributed by atoms with E-state index in [1.165, 1.54) is 0 Å². The van der Waals surface area contributed by atoms with Gasteiger partial charge in [0, 0.05) is 11.6 Å². The third kappa shape index (κ3) is 3.08. The molecule has 0 heterocycles. The van der Waals surface area contributed by atoms with Crippen molar-refractivity contribution in [3.05, 3.63) is 11.6 Å². The molecule has 15 heavy (non-hydrogen) atoms. The van der Waals surface area contributed by atoms with Gasteiger partial charge in [0.1, 0.15) is 0 Å². The van der Waals surface area contributed by atoms with Crippen LogP contribution in [0.25, 0.3) is 0 Å². The number of carboxylic acids is 1. The standard InChI is InChI=1S/C11H17NO3/c1-7-4-2-3-5-8(7)9(11(12)15)6-10(13)14/h6-8H,2-5H2,1H3,(H2,12,15)(H,13,14)/b9-6-. The van der Waals surface area contributed by atoms with Gasteiger partial charge < -0.3 is 10.8 Å². The summed E-state index contributed by atoms with van der Waals surface area (Å²) in [5.41, 5.74) is 5.48. The number of carbonyl (C=O) groups is 2. The van der Waals surface area contributed by atoms with E-state index < -0.39 is 11.9 Å². The highest BCUT2D eigenvalue weighted by atomic mass is 16.4. The number of carboxylic acid groups (broad SMARTS) is 1. The molecule has 0 aromatic rings. The van der Waals surface area contributed by atoms with E-state index in [-0.39, 0.29) is 11.5 Å². The second kappa shape index (κ2) is 4.96. The van der Waals surface area contributed by atoms with Crippen molar-refractivity contribution in [3.63, 3.8) is 0 Å². The first kappa shape index (κ1) is 11.8. The lowest BCUT2D eigenvalue weighted by atomic mass is 9.76. The van der Waals surface area contributed by atoms with E-state index in [0.717, 1.165) is 31.8 Å². The molecule has 2 atom stereocenters. The molecule has 0 radical (unpaired) electrons. The number of nitrogens with two attached hydrogens (primary N) is 1. The minimum absolute atomic E-state index is 0.0207. The molecular weight excluding hydrogens is 194 g/mol. The lowest BCUT2D eigenvalue weighted by Crippen LogP contribution is -2.28. The maximum Gasteiger partial charge on any atom is 0.328 e. The van der Waals surface area contributed by atoms with Gasteiger partial charge in [-0.3, -0.25) is 4.79 Å². The lowest BCUT2D eigenvalue weighted by molar-refractivity contribution is -0.132. The fourth-order valence-corrected chi connectivity index (χ4v) is 2.27. The zero-order chi connectivity index (χ0) is 11.4. The van der Waals surface area contributed by atoms with Crippen molar-refractivity contribution in [2.45, 2.75) is 32.6 Å². The van der Waals surface area contributed by atoms with E-state index in [4.69, 9.17) is 10.8 Å². The van der Waals surface area contributed by atoms with Crippen LogP contribution < -0.4 is 5.73 Å². The number of carbonyl (C=O) groups excluding carboxylic acids is 1. The van der Waals surface area contributed by atoms with Crippen LogP contribution in [0.5, 0.6) is 0 Å². The first-order chi connectivity index (χ1) is 7.02. The Hall–Kier alpha value is -1.32. The van der Waals surface area contributed by atoms with Gasteiger partial charge in [0.15, 0.2) is 0 Å². The van der Waals surface area contributed by atoms with E-state index >= 15 is 0 Å². The van der Waals surface area contributed by atoms with Crippen molar-refractivity contribution < 1.29 is 14.7 Å². The van der Waals surface area contributed by atoms with Gasteiger partial charge in [-0.15, -0.1) is 0 Å². The number of aliphatic carboxylic acids is 1. The summed E-state index contributed by atoms with van der Waals surface area (Å²) in [6.07, 6.45) is 5.06. The van der Waals surface area contributed by atoms with Crippen molar-refractivity contribution in [1.82, 2.24) is 0 Å². The molecule has 1 saturated carbocycles. The first-order valence-electron chi connectivity index (χ1n) is 5.26. The molecule has 2 unspecified atom stereocenters. The molecule has 1 rings (SSSR count). The van der Waals surface area contributed by atoms with Gasteiger partial charge >= 0.3 is 5.97 Å². The Morgan fingerprint density at radius 1 is 1.33 bits per heavy atom. The van der Waals surface area contributed by atoms with Crippen molar-refractivity contribution in [2.75, 3.05) is 0 Å². The number of primary amides is 1. The average Bonchev–Trinajstić information content (AvgIpc) is 2.15. The summed E-state index contributed by atoms with van der Waals surface area (Å²) in [4.78, 5) is 21.7. The first-order valence-corrected chi connectivity index (χ1v) is 5.26. The molecular formula is C11H17NO3. The second-order valence-corrected chi connectivity index (χ2v) is 4.17. The number of amides is 1. The Labute approximate surface area is 89.2 Å². The van der Waals surface area contributed by atoms with Crippen LogP contribution >= 0.6 is 0 Å². The van der Waals surface area contributed by atoms with Crippen molar-refractivity contribution in [1.29, 1.82) is 0 Å².